The maximum Gasteiger partial charge on any atom is 0.136 e. The highest BCUT2D eigenvalue weighted by Crippen LogP contribution is 2.23. The van der Waals surface area contributed by atoms with E-state index in [1.54, 1.807) is 12.5 Å². The van der Waals surface area contributed by atoms with E-state index in [0.29, 0.717) is 5.78 Å². The van der Waals surface area contributed by atoms with Crippen LogP contribution in [0.25, 0.3) is 0 Å². The second-order valence-electron chi connectivity index (χ2n) is 4.00. The van der Waals surface area contributed by atoms with Crippen LogP contribution in [0.1, 0.15) is 37.7 Å². The predicted octanol–water partition coefficient (Wildman–Crippen LogP) is 2.37. The number of rotatable bonds is 2. The molecule has 3 nitrogen and oxygen atoms in total. The van der Waals surface area contributed by atoms with Gasteiger partial charge in [0.05, 0.1) is 6.20 Å². The number of hydrogen-bond donors (Lipinski definition) is 0. The highest BCUT2D eigenvalue weighted by molar-refractivity contribution is 5.81. The van der Waals surface area contributed by atoms with Crippen LogP contribution >= 0.6 is 0 Å². The van der Waals surface area contributed by atoms with Gasteiger partial charge >= 0.3 is 0 Å². The van der Waals surface area contributed by atoms with Crippen LogP contribution in [0, 0.1) is 5.92 Å². The van der Waals surface area contributed by atoms with E-state index in [2.05, 4.69) is 5.16 Å². The topological polar surface area (TPSA) is 43.1 Å². The third-order valence-corrected chi connectivity index (χ3v) is 2.90. The molecule has 0 radical (unpaired) electrons. The van der Waals surface area contributed by atoms with Crippen molar-refractivity contribution in [1.82, 2.24) is 5.16 Å². The Hall–Kier alpha value is -1.12. The molecule has 0 amide bonds. The lowest BCUT2D eigenvalue weighted by molar-refractivity contribution is -0.122. The minimum Gasteiger partial charge on any atom is -0.364 e. The zero-order valence-corrected chi connectivity index (χ0v) is 8.24. The fourth-order valence-corrected chi connectivity index (χ4v) is 2.06. The molecule has 0 bridgehead atoms. The molecule has 1 heterocycles. The van der Waals surface area contributed by atoms with Crippen molar-refractivity contribution in [2.45, 2.75) is 38.5 Å². The van der Waals surface area contributed by atoms with Gasteiger partial charge in [0, 0.05) is 17.9 Å². The third kappa shape index (κ3) is 2.22. The average molecular weight is 193 g/mol. The average Bonchev–Trinajstić information content (AvgIpc) is 2.60. The smallest absolute Gasteiger partial charge is 0.136 e. The summed E-state index contributed by atoms with van der Waals surface area (Å²) in [4.78, 5) is 11.7. The summed E-state index contributed by atoms with van der Waals surface area (Å²) in [5, 5.41) is 3.65. The lowest BCUT2D eigenvalue weighted by Gasteiger charge is -2.10. The van der Waals surface area contributed by atoms with Gasteiger partial charge in [-0.2, -0.15) is 0 Å². The zero-order chi connectivity index (χ0) is 9.80. The Morgan fingerprint density at radius 2 is 2.36 bits per heavy atom. The van der Waals surface area contributed by atoms with E-state index in [9.17, 15) is 4.79 Å². The van der Waals surface area contributed by atoms with Gasteiger partial charge in [0.1, 0.15) is 12.0 Å². The molecule has 0 spiro atoms. The van der Waals surface area contributed by atoms with Crippen LogP contribution in [0.4, 0.5) is 0 Å². The first-order valence-corrected chi connectivity index (χ1v) is 5.27. The van der Waals surface area contributed by atoms with E-state index in [1.807, 2.05) is 0 Å². The molecule has 3 heteroatoms. The highest BCUT2D eigenvalue weighted by atomic mass is 16.5. The van der Waals surface area contributed by atoms with Gasteiger partial charge in [-0.05, 0) is 19.3 Å². The molecule has 2 rings (SSSR count). The molecule has 1 atom stereocenters. The molecule has 1 saturated carbocycles. The molecule has 76 valence electrons. The largest absolute Gasteiger partial charge is 0.364 e. The Bertz CT molecular complexity index is 292. The van der Waals surface area contributed by atoms with Crippen molar-refractivity contribution in [3.8, 4) is 0 Å². The van der Waals surface area contributed by atoms with E-state index in [-0.39, 0.29) is 5.92 Å². The molecule has 0 N–H and O–H groups in total. The lowest BCUT2D eigenvalue weighted by atomic mass is 9.93. The van der Waals surface area contributed by atoms with Crippen LogP contribution < -0.4 is 0 Å². The van der Waals surface area contributed by atoms with Crippen LogP contribution in [0.15, 0.2) is 17.0 Å². The van der Waals surface area contributed by atoms with Crippen LogP contribution in [-0.2, 0) is 11.2 Å². The molecule has 1 aliphatic carbocycles. The van der Waals surface area contributed by atoms with Crippen molar-refractivity contribution in [3.05, 3.63) is 18.0 Å². The molecular formula is C11H15NO2. The lowest BCUT2D eigenvalue weighted by Crippen LogP contribution is -2.14. The van der Waals surface area contributed by atoms with Crippen molar-refractivity contribution < 1.29 is 9.32 Å². The minimum atomic E-state index is 0.205. The minimum absolute atomic E-state index is 0.205. The molecule has 14 heavy (non-hydrogen) atoms. The number of aromatic nitrogens is 1. The Labute approximate surface area is 83.5 Å². The van der Waals surface area contributed by atoms with Crippen molar-refractivity contribution in [1.29, 1.82) is 0 Å². The zero-order valence-electron chi connectivity index (χ0n) is 8.24. The Morgan fingerprint density at radius 1 is 1.43 bits per heavy atom. The van der Waals surface area contributed by atoms with Crippen molar-refractivity contribution in [2.24, 2.45) is 5.92 Å². The SMILES string of the molecule is O=C1CCCCCC1Cc1cnoc1. The second-order valence-corrected chi connectivity index (χ2v) is 4.00. The van der Waals surface area contributed by atoms with Gasteiger partial charge in [-0.3, -0.25) is 4.79 Å². The molecule has 0 aliphatic heterocycles. The third-order valence-electron chi connectivity index (χ3n) is 2.90. The number of carbonyl (C=O) groups excluding carboxylic acids is 1. The van der Waals surface area contributed by atoms with Crippen molar-refractivity contribution >= 4 is 5.78 Å². The van der Waals surface area contributed by atoms with E-state index >= 15 is 0 Å². The van der Waals surface area contributed by atoms with Crippen molar-refractivity contribution in [3.63, 3.8) is 0 Å². The number of ketones is 1. The summed E-state index contributed by atoms with van der Waals surface area (Å²) in [6.45, 7) is 0. The Balaban J connectivity index is 1.98. The van der Waals surface area contributed by atoms with E-state index in [1.165, 1.54) is 12.8 Å². The predicted molar refractivity (Wildman–Crippen MR) is 51.8 cm³/mol. The molecule has 1 aliphatic rings. The van der Waals surface area contributed by atoms with E-state index < -0.39 is 0 Å². The number of hydrogen-bond acceptors (Lipinski definition) is 3. The summed E-state index contributed by atoms with van der Waals surface area (Å²) in [5.74, 6) is 0.626. The quantitative estimate of drug-likeness (QED) is 0.677. The highest BCUT2D eigenvalue weighted by Gasteiger charge is 2.21. The fraction of sp³-hybridized carbons (Fsp3) is 0.636. The van der Waals surface area contributed by atoms with Crippen LogP contribution in [0.2, 0.25) is 0 Å². The normalized spacial score (nSPS) is 23.4. The van der Waals surface area contributed by atoms with Gasteiger partial charge in [-0.1, -0.05) is 18.0 Å². The number of carbonyl (C=O) groups is 1. The molecule has 0 saturated heterocycles. The molecule has 1 unspecified atom stereocenters. The molecule has 1 fully saturated rings. The summed E-state index contributed by atoms with van der Waals surface area (Å²) in [6, 6.07) is 0. The Kier molecular flexibility index (Phi) is 2.96. The van der Waals surface area contributed by atoms with E-state index in [4.69, 9.17) is 4.52 Å². The number of nitrogens with zero attached hydrogens (tertiary/aromatic N) is 1. The number of Topliss-reactive ketones (excluding diaryl/α,β-unsaturated/α-hetero) is 1. The summed E-state index contributed by atoms with van der Waals surface area (Å²) in [7, 11) is 0. The van der Waals surface area contributed by atoms with Gasteiger partial charge in [-0.25, -0.2) is 0 Å². The van der Waals surface area contributed by atoms with Gasteiger partial charge in [0.2, 0.25) is 0 Å². The maximum absolute atomic E-state index is 11.7. The summed E-state index contributed by atoms with van der Waals surface area (Å²) >= 11 is 0. The fourth-order valence-electron chi connectivity index (χ4n) is 2.06. The summed E-state index contributed by atoms with van der Waals surface area (Å²) < 4.78 is 4.76. The standard InChI is InChI=1S/C11H15NO2/c13-11-5-3-1-2-4-10(11)6-9-7-12-14-8-9/h7-8,10H,1-6H2. The van der Waals surface area contributed by atoms with Crippen LogP contribution in [0.3, 0.4) is 0 Å². The molecule has 1 aromatic heterocycles. The summed E-state index contributed by atoms with van der Waals surface area (Å²) in [5.41, 5.74) is 1.05. The monoisotopic (exact) mass is 193 g/mol. The van der Waals surface area contributed by atoms with Gasteiger partial charge in [0.25, 0.3) is 0 Å². The second kappa shape index (κ2) is 4.40. The first-order chi connectivity index (χ1) is 6.86. The Morgan fingerprint density at radius 3 is 3.14 bits per heavy atom. The molecular weight excluding hydrogens is 178 g/mol. The first kappa shape index (κ1) is 9.44. The van der Waals surface area contributed by atoms with Gasteiger partial charge < -0.3 is 4.52 Å². The van der Waals surface area contributed by atoms with E-state index in [0.717, 1.165) is 31.2 Å². The van der Waals surface area contributed by atoms with Crippen LogP contribution in [0.5, 0.6) is 0 Å². The van der Waals surface area contributed by atoms with Gasteiger partial charge in [-0.15, -0.1) is 0 Å². The van der Waals surface area contributed by atoms with Crippen molar-refractivity contribution in [2.75, 3.05) is 0 Å². The molecule has 1 aromatic rings. The summed E-state index contributed by atoms with van der Waals surface area (Å²) in [6.07, 6.45) is 9.39. The molecule has 0 aromatic carbocycles. The van der Waals surface area contributed by atoms with Gasteiger partial charge in [0.15, 0.2) is 0 Å². The first-order valence-electron chi connectivity index (χ1n) is 5.27. The maximum atomic E-state index is 11.7. The van der Waals surface area contributed by atoms with Crippen LogP contribution in [-0.4, -0.2) is 10.9 Å².